The Morgan fingerprint density at radius 3 is 2.62 bits per heavy atom. The van der Waals surface area contributed by atoms with Crippen molar-refractivity contribution in [3.05, 3.63) is 35.9 Å². The summed E-state index contributed by atoms with van der Waals surface area (Å²) in [6.45, 7) is 4.65. The summed E-state index contributed by atoms with van der Waals surface area (Å²) in [6, 6.07) is 10.3. The van der Waals surface area contributed by atoms with Gasteiger partial charge in [0.15, 0.2) is 0 Å². The molecule has 86 valence electrons. The molecule has 2 heteroatoms. The molecular formula is C14H18O2. The lowest BCUT2D eigenvalue weighted by atomic mass is 9.78. The molecule has 0 aliphatic carbocycles. The zero-order valence-electron chi connectivity index (χ0n) is 9.85. The van der Waals surface area contributed by atoms with Crippen molar-refractivity contribution in [2.45, 2.75) is 32.3 Å². The van der Waals surface area contributed by atoms with Gasteiger partial charge in [-0.25, -0.2) is 0 Å². The molecule has 2 atom stereocenters. The largest absolute Gasteiger partial charge is 0.377 e. The normalized spacial score (nSPS) is 25.6. The van der Waals surface area contributed by atoms with Crippen LogP contribution >= 0.6 is 0 Å². The molecule has 0 spiro atoms. The molecule has 1 fully saturated rings. The molecule has 0 aromatic heterocycles. The van der Waals surface area contributed by atoms with Crippen molar-refractivity contribution in [2.75, 3.05) is 6.61 Å². The number of benzene rings is 1. The van der Waals surface area contributed by atoms with E-state index in [1.807, 2.05) is 32.0 Å². The van der Waals surface area contributed by atoms with Crippen LogP contribution < -0.4 is 0 Å². The SMILES string of the molecule is CC(C)(C=O)[C@H]1OCC[C@@H]1c1ccccc1. The number of carbonyl (C=O) groups is 1. The molecular weight excluding hydrogens is 200 g/mol. The maximum absolute atomic E-state index is 11.1. The van der Waals surface area contributed by atoms with Crippen molar-refractivity contribution >= 4 is 6.29 Å². The van der Waals surface area contributed by atoms with Gasteiger partial charge in [0, 0.05) is 17.9 Å². The van der Waals surface area contributed by atoms with Gasteiger partial charge in [-0.1, -0.05) is 44.2 Å². The van der Waals surface area contributed by atoms with E-state index in [1.165, 1.54) is 5.56 Å². The lowest BCUT2D eigenvalue weighted by Crippen LogP contribution is -2.34. The van der Waals surface area contributed by atoms with Crippen molar-refractivity contribution in [2.24, 2.45) is 5.41 Å². The minimum absolute atomic E-state index is 0.00685. The topological polar surface area (TPSA) is 26.3 Å². The van der Waals surface area contributed by atoms with Crippen LogP contribution in [0.15, 0.2) is 30.3 Å². The molecule has 1 aliphatic heterocycles. The van der Waals surface area contributed by atoms with Crippen LogP contribution in [0, 0.1) is 5.41 Å². The van der Waals surface area contributed by atoms with E-state index in [4.69, 9.17) is 4.74 Å². The monoisotopic (exact) mass is 218 g/mol. The van der Waals surface area contributed by atoms with E-state index in [9.17, 15) is 4.79 Å². The van der Waals surface area contributed by atoms with Crippen LogP contribution in [0.3, 0.4) is 0 Å². The van der Waals surface area contributed by atoms with E-state index in [0.29, 0.717) is 5.92 Å². The third-order valence-electron chi connectivity index (χ3n) is 3.36. The van der Waals surface area contributed by atoms with Crippen LogP contribution in [0.2, 0.25) is 0 Å². The van der Waals surface area contributed by atoms with Crippen molar-refractivity contribution < 1.29 is 9.53 Å². The summed E-state index contributed by atoms with van der Waals surface area (Å²) < 4.78 is 5.74. The molecule has 16 heavy (non-hydrogen) atoms. The minimum Gasteiger partial charge on any atom is -0.377 e. The molecule has 0 amide bonds. The lowest BCUT2D eigenvalue weighted by Gasteiger charge is -2.29. The highest BCUT2D eigenvalue weighted by Crippen LogP contribution is 2.39. The van der Waals surface area contributed by atoms with E-state index in [-0.39, 0.29) is 6.10 Å². The highest BCUT2D eigenvalue weighted by molar-refractivity contribution is 5.59. The summed E-state index contributed by atoms with van der Waals surface area (Å²) in [5, 5.41) is 0. The van der Waals surface area contributed by atoms with Crippen molar-refractivity contribution in [3.8, 4) is 0 Å². The highest BCUT2D eigenvalue weighted by atomic mass is 16.5. The number of aldehydes is 1. The summed E-state index contributed by atoms with van der Waals surface area (Å²) in [4.78, 5) is 11.1. The van der Waals surface area contributed by atoms with Crippen molar-refractivity contribution in [1.29, 1.82) is 0 Å². The van der Waals surface area contributed by atoms with Crippen LogP contribution in [0.1, 0.15) is 31.7 Å². The molecule has 2 rings (SSSR count). The third-order valence-corrected chi connectivity index (χ3v) is 3.36. The molecule has 0 unspecified atom stereocenters. The Bertz CT molecular complexity index is 356. The number of ether oxygens (including phenoxy) is 1. The van der Waals surface area contributed by atoms with E-state index >= 15 is 0 Å². The Labute approximate surface area is 96.6 Å². The predicted molar refractivity (Wildman–Crippen MR) is 63.4 cm³/mol. The number of hydrogen-bond acceptors (Lipinski definition) is 2. The molecule has 1 heterocycles. The summed E-state index contributed by atoms with van der Waals surface area (Å²) in [7, 11) is 0. The van der Waals surface area contributed by atoms with E-state index in [2.05, 4.69) is 12.1 Å². The maximum atomic E-state index is 11.1. The molecule has 0 saturated carbocycles. The summed E-state index contributed by atoms with van der Waals surface area (Å²) in [5.41, 5.74) is 0.872. The van der Waals surface area contributed by atoms with Gasteiger partial charge in [0.05, 0.1) is 6.10 Å². The Balaban J connectivity index is 2.25. The zero-order chi connectivity index (χ0) is 11.6. The summed E-state index contributed by atoms with van der Waals surface area (Å²) in [5.74, 6) is 0.349. The average Bonchev–Trinajstić information content (AvgIpc) is 2.80. The minimum atomic E-state index is -0.406. The first-order valence-electron chi connectivity index (χ1n) is 5.78. The van der Waals surface area contributed by atoms with Gasteiger partial charge in [0.1, 0.15) is 6.29 Å². The van der Waals surface area contributed by atoms with Crippen LogP contribution in [-0.4, -0.2) is 19.0 Å². The summed E-state index contributed by atoms with van der Waals surface area (Å²) in [6.07, 6.45) is 2.03. The maximum Gasteiger partial charge on any atom is 0.128 e. The van der Waals surface area contributed by atoms with Gasteiger partial charge >= 0.3 is 0 Å². The average molecular weight is 218 g/mol. The molecule has 2 nitrogen and oxygen atoms in total. The van der Waals surface area contributed by atoms with Gasteiger partial charge in [0.2, 0.25) is 0 Å². The second-order valence-corrected chi connectivity index (χ2v) is 5.04. The molecule has 1 aliphatic rings. The Kier molecular flexibility index (Phi) is 3.10. The number of carbonyl (C=O) groups excluding carboxylic acids is 1. The second-order valence-electron chi connectivity index (χ2n) is 5.04. The summed E-state index contributed by atoms with van der Waals surface area (Å²) >= 11 is 0. The van der Waals surface area contributed by atoms with Crippen LogP contribution in [0.25, 0.3) is 0 Å². The standard InChI is InChI=1S/C14H18O2/c1-14(2,10-15)13-12(8-9-16-13)11-6-4-3-5-7-11/h3-7,10,12-13H,8-9H2,1-2H3/t12-,13+/m1/s1. The van der Waals surface area contributed by atoms with E-state index in [1.54, 1.807) is 0 Å². The lowest BCUT2D eigenvalue weighted by molar-refractivity contribution is -0.121. The fourth-order valence-electron chi connectivity index (χ4n) is 2.43. The molecule has 1 aromatic rings. The highest BCUT2D eigenvalue weighted by Gasteiger charge is 2.40. The molecule has 1 saturated heterocycles. The van der Waals surface area contributed by atoms with E-state index in [0.717, 1.165) is 19.3 Å². The number of rotatable bonds is 3. The zero-order valence-corrected chi connectivity index (χ0v) is 9.85. The second kappa shape index (κ2) is 4.38. The van der Waals surface area contributed by atoms with Crippen LogP contribution in [0.5, 0.6) is 0 Å². The quantitative estimate of drug-likeness (QED) is 0.729. The first kappa shape index (κ1) is 11.3. The molecule has 0 radical (unpaired) electrons. The Morgan fingerprint density at radius 1 is 1.31 bits per heavy atom. The fourth-order valence-corrected chi connectivity index (χ4v) is 2.43. The van der Waals surface area contributed by atoms with Gasteiger partial charge in [-0.3, -0.25) is 0 Å². The van der Waals surface area contributed by atoms with Gasteiger partial charge in [0.25, 0.3) is 0 Å². The van der Waals surface area contributed by atoms with Crippen LogP contribution in [0.4, 0.5) is 0 Å². The van der Waals surface area contributed by atoms with Gasteiger partial charge < -0.3 is 9.53 Å². The molecule has 0 N–H and O–H groups in total. The molecule has 1 aromatic carbocycles. The first-order chi connectivity index (χ1) is 7.65. The fraction of sp³-hybridized carbons (Fsp3) is 0.500. The van der Waals surface area contributed by atoms with Gasteiger partial charge in [-0.2, -0.15) is 0 Å². The van der Waals surface area contributed by atoms with Gasteiger partial charge in [-0.05, 0) is 12.0 Å². The Hall–Kier alpha value is -1.15. The van der Waals surface area contributed by atoms with E-state index < -0.39 is 5.41 Å². The third kappa shape index (κ3) is 2.03. The first-order valence-corrected chi connectivity index (χ1v) is 5.78. The predicted octanol–water partition coefficient (Wildman–Crippen LogP) is 2.78. The van der Waals surface area contributed by atoms with Crippen molar-refractivity contribution in [1.82, 2.24) is 0 Å². The van der Waals surface area contributed by atoms with Crippen LogP contribution in [-0.2, 0) is 9.53 Å². The van der Waals surface area contributed by atoms with Crippen molar-refractivity contribution in [3.63, 3.8) is 0 Å². The molecule has 0 bridgehead atoms. The number of hydrogen-bond donors (Lipinski definition) is 0. The van der Waals surface area contributed by atoms with Gasteiger partial charge in [-0.15, -0.1) is 0 Å². The smallest absolute Gasteiger partial charge is 0.128 e. The Morgan fingerprint density at radius 2 is 2.00 bits per heavy atom.